The SMILES string of the molecule is O=C(Cn1ccnc1-c1ccccc1)NCCCN1CCc2ccccc21. The second-order valence-corrected chi connectivity index (χ2v) is 6.81. The standard InChI is InChI=1S/C22H24N4O/c27-21(17-26-16-13-24-22(26)19-8-2-1-3-9-19)23-12-6-14-25-15-11-18-7-4-5-10-20(18)25/h1-5,7-10,13,16H,6,11-12,14-15,17H2,(H,23,27). The highest BCUT2D eigenvalue weighted by Crippen LogP contribution is 2.27. The first-order valence-corrected chi connectivity index (χ1v) is 9.47. The van der Waals surface area contributed by atoms with Crippen LogP contribution in [0.2, 0.25) is 0 Å². The predicted octanol–water partition coefficient (Wildman–Crippen LogP) is 3.12. The van der Waals surface area contributed by atoms with Crippen LogP contribution in [-0.2, 0) is 17.8 Å². The summed E-state index contributed by atoms with van der Waals surface area (Å²) < 4.78 is 1.89. The molecule has 0 fully saturated rings. The molecule has 0 saturated heterocycles. The number of amides is 1. The Labute approximate surface area is 159 Å². The van der Waals surface area contributed by atoms with Crippen LogP contribution in [0.1, 0.15) is 12.0 Å². The number of fused-ring (bicyclic) bond motifs is 1. The van der Waals surface area contributed by atoms with Crippen LogP contribution in [0.4, 0.5) is 5.69 Å². The summed E-state index contributed by atoms with van der Waals surface area (Å²) in [5, 5.41) is 3.03. The predicted molar refractivity (Wildman–Crippen MR) is 108 cm³/mol. The number of carbonyl (C=O) groups excluding carboxylic acids is 1. The molecule has 0 radical (unpaired) electrons. The quantitative estimate of drug-likeness (QED) is 0.659. The Morgan fingerprint density at radius 1 is 1.07 bits per heavy atom. The lowest BCUT2D eigenvalue weighted by Crippen LogP contribution is -2.31. The van der Waals surface area contributed by atoms with E-state index in [2.05, 4.69) is 39.5 Å². The summed E-state index contributed by atoms with van der Waals surface area (Å²) in [7, 11) is 0. The molecule has 2 heterocycles. The molecule has 1 aliphatic heterocycles. The van der Waals surface area contributed by atoms with E-state index >= 15 is 0 Å². The van der Waals surface area contributed by atoms with E-state index < -0.39 is 0 Å². The van der Waals surface area contributed by atoms with E-state index in [1.54, 1.807) is 6.20 Å². The van der Waals surface area contributed by atoms with Gasteiger partial charge in [0.25, 0.3) is 0 Å². The minimum absolute atomic E-state index is 0.0204. The summed E-state index contributed by atoms with van der Waals surface area (Å²) in [5.74, 6) is 0.839. The number of para-hydroxylation sites is 1. The van der Waals surface area contributed by atoms with Gasteiger partial charge in [-0.15, -0.1) is 0 Å². The molecule has 2 aromatic carbocycles. The Kier molecular flexibility index (Phi) is 5.19. The summed E-state index contributed by atoms with van der Waals surface area (Å²) in [4.78, 5) is 19.1. The molecule has 4 rings (SSSR count). The topological polar surface area (TPSA) is 50.2 Å². The van der Waals surface area contributed by atoms with Crippen molar-refractivity contribution in [1.82, 2.24) is 14.9 Å². The molecule has 0 aliphatic carbocycles. The van der Waals surface area contributed by atoms with Crippen LogP contribution in [0, 0.1) is 0 Å². The molecule has 1 aromatic heterocycles. The van der Waals surface area contributed by atoms with Gasteiger partial charge in [0.1, 0.15) is 12.4 Å². The van der Waals surface area contributed by atoms with Crippen LogP contribution in [0.15, 0.2) is 67.0 Å². The first-order valence-electron chi connectivity index (χ1n) is 9.47. The highest BCUT2D eigenvalue weighted by molar-refractivity contribution is 5.76. The fourth-order valence-corrected chi connectivity index (χ4v) is 3.63. The number of hydrogen-bond donors (Lipinski definition) is 1. The Balaban J connectivity index is 1.25. The zero-order valence-corrected chi connectivity index (χ0v) is 15.3. The highest BCUT2D eigenvalue weighted by atomic mass is 16.1. The lowest BCUT2D eigenvalue weighted by atomic mass is 10.2. The molecule has 0 saturated carbocycles. The molecule has 1 amide bonds. The first-order chi connectivity index (χ1) is 13.3. The van der Waals surface area contributed by atoms with Crippen LogP contribution in [0.5, 0.6) is 0 Å². The maximum Gasteiger partial charge on any atom is 0.239 e. The molecule has 1 N–H and O–H groups in total. The van der Waals surface area contributed by atoms with Gasteiger partial charge in [-0.2, -0.15) is 0 Å². The van der Waals surface area contributed by atoms with Crippen molar-refractivity contribution in [2.45, 2.75) is 19.4 Å². The molecule has 0 atom stereocenters. The third-order valence-electron chi connectivity index (χ3n) is 4.97. The smallest absolute Gasteiger partial charge is 0.239 e. The Bertz CT molecular complexity index is 903. The van der Waals surface area contributed by atoms with Gasteiger partial charge in [0.2, 0.25) is 5.91 Å². The van der Waals surface area contributed by atoms with Crippen molar-refractivity contribution in [3.05, 3.63) is 72.6 Å². The van der Waals surface area contributed by atoms with Gasteiger partial charge in [0, 0.05) is 43.3 Å². The minimum atomic E-state index is 0.0204. The molecular formula is C22H24N4O. The minimum Gasteiger partial charge on any atom is -0.371 e. The van der Waals surface area contributed by atoms with Crippen LogP contribution >= 0.6 is 0 Å². The van der Waals surface area contributed by atoms with Gasteiger partial charge in [0.15, 0.2) is 0 Å². The van der Waals surface area contributed by atoms with Crippen LogP contribution in [0.25, 0.3) is 11.4 Å². The molecule has 0 unspecified atom stereocenters. The molecule has 3 aromatic rings. The van der Waals surface area contributed by atoms with Gasteiger partial charge in [-0.3, -0.25) is 4.79 Å². The van der Waals surface area contributed by atoms with E-state index in [9.17, 15) is 4.79 Å². The first kappa shape index (κ1) is 17.3. The van der Waals surface area contributed by atoms with Crippen LogP contribution < -0.4 is 10.2 Å². The van der Waals surface area contributed by atoms with Crippen LogP contribution in [0.3, 0.4) is 0 Å². The molecule has 0 spiro atoms. The normalized spacial score (nSPS) is 12.8. The number of benzene rings is 2. The fraction of sp³-hybridized carbons (Fsp3) is 0.273. The Hall–Kier alpha value is -3.08. The van der Waals surface area contributed by atoms with E-state index in [1.807, 2.05) is 41.1 Å². The molecule has 138 valence electrons. The second-order valence-electron chi connectivity index (χ2n) is 6.81. The number of carbonyl (C=O) groups is 1. The van der Waals surface area contributed by atoms with E-state index in [0.29, 0.717) is 6.54 Å². The molecule has 1 aliphatic rings. The second kappa shape index (κ2) is 8.08. The zero-order chi connectivity index (χ0) is 18.5. The molecule has 5 heteroatoms. The summed E-state index contributed by atoms with van der Waals surface area (Å²) in [5.41, 5.74) is 3.79. The third kappa shape index (κ3) is 4.03. The van der Waals surface area contributed by atoms with Crippen molar-refractivity contribution in [2.24, 2.45) is 0 Å². The van der Waals surface area contributed by atoms with E-state index in [-0.39, 0.29) is 12.5 Å². The van der Waals surface area contributed by atoms with Gasteiger partial charge in [0.05, 0.1) is 0 Å². The van der Waals surface area contributed by atoms with Gasteiger partial charge in [-0.25, -0.2) is 4.98 Å². The van der Waals surface area contributed by atoms with Crippen molar-refractivity contribution in [2.75, 3.05) is 24.5 Å². The number of hydrogen-bond acceptors (Lipinski definition) is 3. The lowest BCUT2D eigenvalue weighted by molar-refractivity contribution is -0.121. The van der Waals surface area contributed by atoms with Gasteiger partial charge in [-0.1, -0.05) is 48.5 Å². The summed E-state index contributed by atoms with van der Waals surface area (Å²) >= 11 is 0. The van der Waals surface area contributed by atoms with Gasteiger partial charge >= 0.3 is 0 Å². The van der Waals surface area contributed by atoms with Crippen molar-refractivity contribution in [3.8, 4) is 11.4 Å². The number of anilines is 1. The van der Waals surface area contributed by atoms with E-state index in [1.165, 1.54) is 11.3 Å². The fourth-order valence-electron chi connectivity index (χ4n) is 3.63. The maximum atomic E-state index is 12.3. The molecular weight excluding hydrogens is 336 g/mol. The third-order valence-corrected chi connectivity index (χ3v) is 4.97. The summed E-state index contributed by atoms with van der Waals surface area (Å²) in [6.07, 6.45) is 5.64. The Morgan fingerprint density at radius 3 is 2.78 bits per heavy atom. The van der Waals surface area contributed by atoms with Gasteiger partial charge in [-0.05, 0) is 24.5 Å². The summed E-state index contributed by atoms with van der Waals surface area (Å²) in [6, 6.07) is 18.5. The van der Waals surface area contributed by atoms with Crippen LogP contribution in [-0.4, -0.2) is 35.1 Å². The molecule has 5 nitrogen and oxygen atoms in total. The molecule has 0 bridgehead atoms. The van der Waals surface area contributed by atoms with Gasteiger partial charge < -0.3 is 14.8 Å². The number of nitrogens with zero attached hydrogens (tertiary/aromatic N) is 3. The van der Waals surface area contributed by atoms with Crippen molar-refractivity contribution < 1.29 is 4.79 Å². The number of imidazole rings is 1. The zero-order valence-electron chi connectivity index (χ0n) is 15.3. The van der Waals surface area contributed by atoms with Crippen molar-refractivity contribution in [3.63, 3.8) is 0 Å². The molecule has 27 heavy (non-hydrogen) atoms. The largest absolute Gasteiger partial charge is 0.371 e. The highest BCUT2D eigenvalue weighted by Gasteiger charge is 2.17. The number of rotatable bonds is 7. The average Bonchev–Trinajstić information content (AvgIpc) is 3.33. The maximum absolute atomic E-state index is 12.3. The number of nitrogens with one attached hydrogen (secondary N) is 1. The lowest BCUT2D eigenvalue weighted by Gasteiger charge is -2.19. The summed E-state index contributed by atoms with van der Waals surface area (Å²) in [6.45, 7) is 3.02. The number of aromatic nitrogens is 2. The van der Waals surface area contributed by atoms with Crippen molar-refractivity contribution in [1.29, 1.82) is 0 Å². The Morgan fingerprint density at radius 2 is 1.89 bits per heavy atom. The van der Waals surface area contributed by atoms with E-state index in [0.717, 1.165) is 37.3 Å². The van der Waals surface area contributed by atoms with E-state index in [4.69, 9.17) is 0 Å². The van der Waals surface area contributed by atoms with Crippen molar-refractivity contribution >= 4 is 11.6 Å². The average molecular weight is 360 g/mol. The monoisotopic (exact) mass is 360 g/mol.